The van der Waals surface area contributed by atoms with Crippen molar-refractivity contribution in [2.45, 2.75) is 64.7 Å². The lowest BCUT2D eigenvalue weighted by atomic mass is 9.84. The van der Waals surface area contributed by atoms with Gasteiger partial charge in [0.1, 0.15) is 35.0 Å². The number of carbonyl (C=O) groups excluding carboxylic acids is 1. The number of benzene rings is 1. The van der Waals surface area contributed by atoms with Crippen LogP contribution in [0.15, 0.2) is 36.7 Å². The monoisotopic (exact) mass is 603 g/mol. The van der Waals surface area contributed by atoms with Crippen molar-refractivity contribution in [3.63, 3.8) is 0 Å². The van der Waals surface area contributed by atoms with Crippen LogP contribution in [-0.2, 0) is 23.4 Å². The second-order valence-electron chi connectivity index (χ2n) is 10.9. The molecule has 2 aromatic heterocycles. The van der Waals surface area contributed by atoms with Crippen molar-refractivity contribution in [2.75, 3.05) is 19.5 Å². The summed E-state index contributed by atoms with van der Waals surface area (Å²) in [5.74, 6) is -0.450. The number of esters is 1. The van der Waals surface area contributed by atoms with Gasteiger partial charge in [-0.1, -0.05) is 18.2 Å². The van der Waals surface area contributed by atoms with Gasteiger partial charge in [0.2, 0.25) is 11.8 Å². The quantitative estimate of drug-likeness (QED) is 0.225. The standard InChI is InChI=1S/C26H34N7O8P/c1-15(22(35)40-25(2,3)4)32-42(36,41-16-10-8-7-9-11-16)38-12-17-19(34)26(5,13-27)23(39-17)33-14-29-18-20(33)30-24(28)31-21(18)37-6/h7-11,14-15,17,19,23,34H,12H2,1-6H3,(H,32,36)(H2,28,30,31)/t15-,17+,19+,23+,26+,42?/m0/s1. The Morgan fingerprint density at radius 1 is 1.33 bits per heavy atom. The summed E-state index contributed by atoms with van der Waals surface area (Å²) in [6.07, 6.45) is -2.33. The van der Waals surface area contributed by atoms with Gasteiger partial charge in [-0.2, -0.15) is 20.3 Å². The molecule has 1 saturated heterocycles. The molecule has 3 heterocycles. The molecule has 1 aromatic carbocycles. The van der Waals surface area contributed by atoms with Crippen LogP contribution in [0.5, 0.6) is 11.6 Å². The van der Waals surface area contributed by atoms with E-state index < -0.39 is 55.8 Å². The summed E-state index contributed by atoms with van der Waals surface area (Å²) >= 11 is 0. The number of hydrogen-bond donors (Lipinski definition) is 3. The van der Waals surface area contributed by atoms with Crippen LogP contribution in [-0.4, -0.2) is 68.2 Å². The number of aromatic nitrogens is 4. The number of methoxy groups -OCH3 is 1. The van der Waals surface area contributed by atoms with Gasteiger partial charge in [0.15, 0.2) is 17.4 Å². The van der Waals surface area contributed by atoms with Gasteiger partial charge >= 0.3 is 13.7 Å². The number of aliphatic hydroxyl groups is 1. The van der Waals surface area contributed by atoms with Crippen molar-refractivity contribution < 1.29 is 37.7 Å². The zero-order valence-corrected chi connectivity index (χ0v) is 24.9. The average molecular weight is 604 g/mol. The predicted molar refractivity (Wildman–Crippen MR) is 149 cm³/mol. The number of nitriles is 1. The molecule has 1 unspecified atom stereocenters. The molecule has 0 spiro atoms. The minimum absolute atomic E-state index is 0.0950. The van der Waals surface area contributed by atoms with E-state index in [-0.39, 0.29) is 28.7 Å². The molecule has 0 saturated carbocycles. The Labute approximate surface area is 242 Å². The largest absolute Gasteiger partial charge is 0.479 e. The first kappa shape index (κ1) is 31.1. The molecule has 3 aromatic rings. The summed E-state index contributed by atoms with van der Waals surface area (Å²) < 4.78 is 43.5. The number of nitrogen functional groups attached to an aromatic ring is 1. The molecule has 6 atom stereocenters. The number of ether oxygens (including phenoxy) is 3. The van der Waals surface area contributed by atoms with Crippen LogP contribution in [0.4, 0.5) is 5.95 Å². The molecule has 0 amide bonds. The summed E-state index contributed by atoms with van der Waals surface area (Å²) in [6.45, 7) is 7.58. The number of hydrogen-bond acceptors (Lipinski definition) is 13. The number of fused-ring (bicyclic) bond motifs is 1. The van der Waals surface area contributed by atoms with Crippen molar-refractivity contribution in [3.8, 4) is 17.7 Å². The van der Waals surface area contributed by atoms with Gasteiger partial charge in [0.25, 0.3) is 0 Å². The summed E-state index contributed by atoms with van der Waals surface area (Å²) in [6, 6.07) is 9.22. The van der Waals surface area contributed by atoms with Crippen molar-refractivity contribution in [3.05, 3.63) is 36.7 Å². The Morgan fingerprint density at radius 2 is 2.02 bits per heavy atom. The maximum absolute atomic E-state index is 13.9. The number of carbonyl (C=O) groups is 1. The fourth-order valence-corrected chi connectivity index (χ4v) is 5.80. The molecule has 16 heteroatoms. The maximum Gasteiger partial charge on any atom is 0.459 e. The molecule has 4 rings (SSSR count). The van der Waals surface area contributed by atoms with Crippen LogP contribution in [0.3, 0.4) is 0 Å². The highest BCUT2D eigenvalue weighted by molar-refractivity contribution is 7.52. The van der Waals surface area contributed by atoms with E-state index in [4.69, 9.17) is 29.0 Å². The number of para-hydroxylation sites is 1. The van der Waals surface area contributed by atoms with Crippen LogP contribution in [0.1, 0.15) is 40.8 Å². The molecule has 226 valence electrons. The summed E-state index contributed by atoms with van der Waals surface area (Å²) in [5, 5.41) is 23.9. The van der Waals surface area contributed by atoms with Crippen molar-refractivity contribution in [1.29, 1.82) is 5.26 Å². The molecule has 42 heavy (non-hydrogen) atoms. The number of aliphatic hydroxyl groups excluding tert-OH is 1. The van der Waals surface area contributed by atoms with Crippen LogP contribution in [0.25, 0.3) is 11.2 Å². The van der Waals surface area contributed by atoms with Crippen molar-refractivity contribution in [1.82, 2.24) is 24.6 Å². The van der Waals surface area contributed by atoms with Crippen LogP contribution in [0, 0.1) is 16.7 Å². The molecular weight excluding hydrogens is 569 g/mol. The highest BCUT2D eigenvalue weighted by Gasteiger charge is 2.56. The first-order valence-electron chi connectivity index (χ1n) is 13.0. The number of rotatable bonds is 10. The third kappa shape index (κ3) is 6.48. The number of imidazole rings is 1. The van der Waals surface area contributed by atoms with Crippen LogP contribution >= 0.6 is 7.75 Å². The van der Waals surface area contributed by atoms with Crippen LogP contribution < -0.4 is 20.1 Å². The van der Waals surface area contributed by atoms with Crippen molar-refractivity contribution >= 4 is 30.8 Å². The first-order valence-corrected chi connectivity index (χ1v) is 14.5. The summed E-state index contributed by atoms with van der Waals surface area (Å²) in [5.41, 5.74) is 4.00. The smallest absolute Gasteiger partial charge is 0.459 e. The highest BCUT2D eigenvalue weighted by Crippen LogP contribution is 2.49. The zero-order chi connectivity index (χ0) is 30.9. The number of nitrogens with one attached hydrogen (secondary N) is 1. The Morgan fingerprint density at radius 3 is 2.64 bits per heavy atom. The van der Waals surface area contributed by atoms with Crippen LogP contribution in [0.2, 0.25) is 0 Å². The molecule has 1 aliphatic heterocycles. The Kier molecular flexibility index (Phi) is 8.77. The second kappa shape index (κ2) is 11.8. The molecule has 4 N–H and O–H groups in total. The topological polar surface area (TPSA) is 206 Å². The van der Waals surface area contributed by atoms with E-state index in [0.717, 1.165) is 0 Å². The number of nitrogens with zero attached hydrogens (tertiary/aromatic N) is 5. The third-order valence-electron chi connectivity index (χ3n) is 6.37. The molecular formula is C26H34N7O8P. The minimum atomic E-state index is -4.28. The third-order valence-corrected chi connectivity index (χ3v) is 8.01. The fourth-order valence-electron chi connectivity index (χ4n) is 4.30. The molecule has 15 nitrogen and oxygen atoms in total. The second-order valence-corrected chi connectivity index (χ2v) is 12.6. The van der Waals surface area contributed by atoms with E-state index in [1.807, 2.05) is 0 Å². The van der Waals surface area contributed by atoms with E-state index in [2.05, 4.69) is 26.1 Å². The fraction of sp³-hybridized carbons (Fsp3) is 0.500. The average Bonchev–Trinajstić information content (AvgIpc) is 3.45. The van der Waals surface area contributed by atoms with Gasteiger partial charge in [0, 0.05) is 0 Å². The van der Waals surface area contributed by atoms with E-state index >= 15 is 0 Å². The molecule has 0 aliphatic carbocycles. The lowest BCUT2D eigenvalue weighted by Gasteiger charge is -2.27. The summed E-state index contributed by atoms with van der Waals surface area (Å²) in [4.78, 5) is 25.1. The number of anilines is 1. The summed E-state index contributed by atoms with van der Waals surface area (Å²) in [7, 11) is -2.88. The zero-order valence-electron chi connectivity index (χ0n) is 24.0. The molecule has 1 aliphatic rings. The van der Waals surface area contributed by atoms with Crippen molar-refractivity contribution in [2.24, 2.45) is 5.41 Å². The predicted octanol–water partition coefficient (Wildman–Crippen LogP) is 2.73. The lowest BCUT2D eigenvalue weighted by Crippen LogP contribution is -2.40. The first-order chi connectivity index (χ1) is 19.7. The molecule has 0 radical (unpaired) electrons. The van der Waals surface area contributed by atoms with Gasteiger partial charge in [-0.05, 0) is 46.8 Å². The highest BCUT2D eigenvalue weighted by atomic mass is 31.2. The Bertz CT molecular complexity index is 1520. The number of nitrogens with two attached hydrogens (primary N) is 1. The van der Waals surface area contributed by atoms with E-state index in [0.29, 0.717) is 0 Å². The molecule has 1 fully saturated rings. The lowest BCUT2D eigenvalue weighted by molar-refractivity contribution is -0.156. The van der Waals surface area contributed by atoms with E-state index in [1.54, 1.807) is 51.1 Å². The SMILES string of the molecule is COc1nc(N)nc2c1ncn2[C@@H]1O[C@H](COP(=O)(N[C@@H](C)C(=O)OC(C)(C)C)Oc2ccccc2)[C@@H](O)[C@@]1(C)C#N. The van der Waals surface area contributed by atoms with Gasteiger partial charge in [-0.25, -0.2) is 9.55 Å². The van der Waals surface area contributed by atoms with Gasteiger partial charge in [0.05, 0.1) is 26.1 Å². The van der Waals surface area contributed by atoms with Gasteiger partial charge in [-0.3, -0.25) is 13.9 Å². The van der Waals surface area contributed by atoms with Gasteiger partial charge in [-0.15, -0.1) is 0 Å². The maximum atomic E-state index is 13.9. The molecule has 0 bridgehead atoms. The Hall–Kier alpha value is -3.80. The van der Waals surface area contributed by atoms with Gasteiger partial charge < -0.3 is 29.6 Å². The minimum Gasteiger partial charge on any atom is -0.479 e. The normalized spacial score (nSPS) is 24.5. The Balaban J connectivity index is 1.59. The van der Waals surface area contributed by atoms with E-state index in [9.17, 15) is 19.7 Å². The van der Waals surface area contributed by atoms with E-state index in [1.165, 1.54) is 31.9 Å².